The molecule has 0 amide bonds. The molecule has 3 nitrogen and oxygen atoms in total. The normalized spacial score (nSPS) is 16.0. The molecule has 24 heavy (non-hydrogen) atoms. The Morgan fingerprint density at radius 1 is 0.500 bits per heavy atom. The van der Waals surface area contributed by atoms with Gasteiger partial charge in [-0.1, -0.05) is 0 Å². The topological polar surface area (TPSA) is 35.5 Å². The van der Waals surface area contributed by atoms with Crippen LogP contribution in [0.3, 0.4) is 0 Å². The highest BCUT2D eigenvalue weighted by Crippen LogP contribution is 2.54. The molecule has 0 rings (SSSR count). The van der Waals surface area contributed by atoms with Crippen molar-refractivity contribution in [3.05, 3.63) is 0 Å². The lowest BCUT2D eigenvalue weighted by molar-refractivity contribution is -0.415. The Morgan fingerprint density at radius 3 is 0.875 bits per heavy atom. The molecule has 0 bridgehead atoms. The van der Waals surface area contributed by atoms with Crippen LogP contribution >= 0.6 is 8.25 Å². The van der Waals surface area contributed by atoms with E-state index in [1.807, 2.05) is 9.05 Å². The van der Waals surface area contributed by atoms with Gasteiger partial charge >= 0.3 is 44.7 Å². The molecule has 0 unspecified atom stereocenters. The van der Waals surface area contributed by atoms with Gasteiger partial charge in [-0.2, -0.15) is 61.5 Å². The van der Waals surface area contributed by atoms with Crippen LogP contribution in [0, 0.1) is 0 Å². The van der Waals surface area contributed by atoms with Crippen LogP contribution in [0.25, 0.3) is 0 Å². The zero-order chi connectivity index (χ0) is 20.0. The first-order chi connectivity index (χ1) is 10.1. The van der Waals surface area contributed by atoms with E-state index in [-0.39, 0.29) is 0 Å². The molecule has 0 aliphatic heterocycles. The van der Waals surface area contributed by atoms with Crippen molar-refractivity contribution in [2.24, 2.45) is 0 Å². The molecule has 0 aromatic heterocycles. The molecule has 0 atom stereocenters. The Labute approximate surface area is 121 Å². The van der Waals surface area contributed by atoms with Gasteiger partial charge in [0, 0.05) is 0 Å². The Kier molecular flexibility index (Phi) is 5.94. The lowest BCUT2D eigenvalue weighted by Crippen LogP contribution is -2.54. The maximum Gasteiger partial charge on any atom is 0.462 e. The van der Waals surface area contributed by atoms with E-state index in [0.717, 1.165) is 0 Å². The van der Waals surface area contributed by atoms with Crippen LogP contribution < -0.4 is 0 Å². The third-order valence-electron chi connectivity index (χ3n) is 1.87. The summed E-state index contributed by atoms with van der Waals surface area (Å²) < 4.78 is 183. The van der Waals surface area contributed by atoms with E-state index in [1.54, 1.807) is 0 Å². The summed E-state index contributed by atoms with van der Waals surface area (Å²) in [5.74, 6) is -14.3. The highest BCUT2D eigenvalue weighted by molar-refractivity contribution is 7.33. The van der Waals surface area contributed by atoms with Crippen molar-refractivity contribution < 1.29 is 75.1 Å². The predicted octanol–water partition coefficient (Wildman–Crippen LogP) is 4.99. The van der Waals surface area contributed by atoms with Crippen LogP contribution in [0.15, 0.2) is 0 Å². The molecule has 0 aliphatic carbocycles. The monoisotopic (exact) mass is 418 g/mol. The van der Waals surface area contributed by atoms with E-state index in [2.05, 4.69) is 0 Å². The van der Waals surface area contributed by atoms with E-state index in [0.29, 0.717) is 0 Å². The predicted molar refractivity (Wildman–Crippen MR) is 43.1 cm³/mol. The number of rotatable bonds is 6. The van der Waals surface area contributed by atoms with E-state index in [1.165, 1.54) is 0 Å². The molecule has 0 saturated heterocycles. The minimum atomic E-state index is -7.16. The zero-order valence-electron chi connectivity index (χ0n) is 10.0. The molecule has 0 spiro atoms. The first kappa shape index (κ1) is 23.2. The quantitative estimate of drug-likeness (QED) is 0.451. The first-order valence-corrected chi connectivity index (χ1v) is 5.89. The standard InChI is InChI=1S/C6HF14O3P/c7-1(8,3(11,12)13)5(17,18)22-24(21)23-6(19,20)2(9,10)4(14,15)16/h24H. The summed E-state index contributed by atoms with van der Waals surface area (Å²) in [5, 5.41) is 0. The Balaban J connectivity index is 5.36. The van der Waals surface area contributed by atoms with Crippen molar-refractivity contribution in [2.75, 3.05) is 0 Å². The minimum Gasteiger partial charge on any atom is -0.263 e. The Hall–Kier alpha value is -0.830. The summed E-state index contributed by atoms with van der Waals surface area (Å²) in [6.45, 7) is 0. The van der Waals surface area contributed by atoms with Gasteiger partial charge in [-0.25, -0.2) is 9.05 Å². The van der Waals surface area contributed by atoms with E-state index < -0.39 is 44.7 Å². The average molecular weight is 418 g/mol. The van der Waals surface area contributed by atoms with Gasteiger partial charge in [0.2, 0.25) is 0 Å². The number of alkyl halides is 14. The maximum absolute atomic E-state index is 12.5. The van der Waals surface area contributed by atoms with Gasteiger partial charge in [0.15, 0.2) is 0 Å². The summed E-state index contributed by atoms with van der Waals surface area (Å²) in [7, 11) is -6.10. The van der Waals surface area contributed by atoms with Gasteiger partial charge < -0.3 is 0 Å². The molecule has 0 aliphatic rings. The van der Waals surface area contributed by atoms with E-state index in [9.17, 15) is 66.0 Å². The molecule has 0 fully saturated rings. The third kappa shape index (κ3) is 4.22. The zero-order valence-corrected chi connectivity index (χ0v) is 11.0. The summed E-state index contributed by atoms with van der Waals surface area (Å²) in [6, 6.07) is 0. The van der Waals surface area contributed by atoms with Crippen LogP contribution in [0.1, 0.15) is 0 Å². The van der Waals surface area contributed by atoms with Crippen molar-refractivity contribution in [1.82, 2.24) is 0 Å². The van der Waals surface area contributed by atoms with Crippen molar-refractivity contribution in [3.63, 3.8) is 0 Å². The highest BCUT2D eigenvalue weighted by atomic mass is 31.1. The molecule has 0 aromatic carbocycles. The summed E-state index contributed by atoms with van der Waals surface area (Å²) >= 11 is 0. The van der Waals surface area contributed by atoms with Gasteiger partial charge in [0.1, 0.15) is 0 Å². The second-order valence-corrected chi connectivity index (χ2v) is 4.54. The van der Waals surface area contributed by atoms with Crippen molar-refractivity contribution in [1.29, 1.82) is 0 Å². The second kappa shape index (κ2) is 6.16. The van der Waals surface area contributed by atoms with Gasteiger partial charge in [0.25, 0.3) is 0 Å². The summed E-state index contributed by atoms with van der Waals surface area (Å²) in [5.41, 5.74) is 0. The van der Waals surface area contributed by atoms with Crippen molar-refractivity contribution in [2.45, 2.75) is 36.4 Å². The molecule has 146 valence electrons. The SMILES string of the molecule is O=[PH](OC(F)(F)C(F)(F)C(F)(F)F)OC(F)(F)C(F)(F)C(F)(F)F. The van der Waals surface area contributed by atoms with Crippen LogP contribution in [0.4, 0.5) is 61.5 Å². The summed E-state index contributed by atoms with van der Waals surface area (Å²) in [6.07, 6.45) is -27.9. The first-order valence-electron chi connectivity index (χ1n) is 4.67. The molecule has 0 N–H and O–H groups in total. The van der Waals surface area contributed by atoms with Crippen LogP contribution in [-0.2, 0) is 13.6 Å². The Morgan fingerprint density at radius 2 is 0.708 bits per heavy atom. The van der Waals surface area contributed by atoms with Gasteiger partial charge in [0.05, 0.1) is 0 Å². The van der Waals surface area contributed by atoms with E-state index >= 15 is 0 Å². The number of hydrogen-bond acceptors (Lipinski definition) is 3. The lowest BCUT2D eigenvalue weighted by Gasteiger charge is -2.29. The third-order valence-corrected chi connectivity index (χ3v) is 2.71. The molecular weight excluding hydrogens is 417 g/mol. The van der Waals surface area contributed by atoms with Crippen molar-refractivity contribution >= 4 is 8.25 Å². The molecule has 18 heteroatoms. The Bertz CT molecular complexity index is 436. The fourth-order valence-electron chi connectivity index (χ4n) is 0.688. The fourth-order valence-corrected chi connectivity index (χ4v) is 1.41. The molecular formula is C6HF14O3P. The average Bonchev–Trinajstić information content (AvgIpc) is 2.22. The van der Waals surface area contributed by atoms with Crippen LogP contribution in [0.5, 0.6) is 0 Å². The van der Waals surface area contributed by atoms with Crippen LogP contribution in [-0.4, -0.2) is 36.4 Å². The smallest absolute Gasteiger partial charge is 0.263 e. The highest BCUT2D eigenvalue weighted by Gasteiger charge is 2.77. The fraction of sp³-hybridized carbons (Fsp3) is 1.00. The lowest BCUT2D eigenvalue weighted by atomic mass is 10.3. The van der Waals surface area contributed by atoms with Gasteiger partial charge in [-0.3, -0.25) is 4.57 Å². The van der Waals surface area contributed by atoms with Crippen LogP contribution in [0.2, 0.25) is 0 Å². The van der Waals surface area contributed by atoms with Gasteiger partial charge in [-0.05, 0) is 0 Å². The molecule has 0 radical (unpaired) electrons. The largest absolute Gasteiger partial charge is 0.462 e. The van der Waals surface area contributed by atoms with E-state index in [4.69, 9.17) is 0 Å². The number of hydrogen-bond donors (Lipinski definition) is 0. The molecule has 0 aromatic rings. The van der Waals surface area contributed by atoms with Gasteiger partial charge in [-0.15, -0.1) is 0 Å². The molecule has 0 saturated carbocycles. The number of halogens is 14. The maximum atomic E-state index is 12.5. The van der Waals surface area contributed by atoms with Crippen molar-refractivity contribution in [3.8, 4) is 0 Å². The summed E-state index contributed by atoms with van der Waals surface area (Å²) in [4.78, 5) is 0. The second-order valence-electron chi connectivity index (χ2n) is 3.63. The molecule has 0 heterocycles. The minimum absolute atomic E-state index is 2.01.